The Balaban J connectivity index is 2.20. The minimum absolute atomic E-state index is 0.293. The van der Waals surface area contributed by atoms with Gasteiger partial charge in [0.25, 0.3) is 0 Å². The highest BCUT2D eigenvalue weighted by Crippen LogP contribution is 2.39. The molecule has 1 aromatic heterocycles. The van der Waals surface area contributed by atoms with E-state index in [-0.39, 0.29) is 0 Å². The van der Waals surface area contributed by atoms with Crippen LogP contribution in [0.15, 0.2) is 57.5 Å². The zero-order valence-corrected chi connectivity index (χ0v) is 12.6. The van der Waals surface area contributed by atoms with Gasteiger partial charge in [0.2, 0.25) is 5.88 Å². The molecule has 100 valence electrons. The van der Waals surface area contributed by atoms with Crippen molar-refractivity contribution in [2.45, 2.75) is 0 Å². The molecule has 20 heavy (non-hydrogen) atoms. The van der Waals surface area contributed by atoms with E-state index in [9.17, 15) is 0 Å². The first-order chi connectivity index (χ1) is 9.66. The number of nitrogen functional groups attached to an aromatic ring is 1. The van der Waals surface area contributed by atoms with Gasteiger partial charge in [-0.25, -0.2) is 0 Å². The van der Waals surface area contributed by atoms with E-state index in [1.165, 1.54) is 0 Å². The van der Waals surface area contributed by atoms with E-state index < -0.39 is 0 Å². The normalized spacial score (nSPS) is 10.7. The second-order valence-corrected chi connectivity index (χ2v) is 5.55. The number of rotatable bonds is 2. The first kappa shape index (κ1) is 13.2. The predicted molar refractivity (Wildman–Crippen MR) is 84.5 cm³/mol. The molecule has 3 aromatic rings. The first-order valence-corrected chi connectivity index (χ1v) is 7.10. The van der Waals surface area contributed by atoms with Gasteiger partial charge >= 0.3 is 0 Å². The van der Waals surface area contributed by atoms with Crippen LogP contribution in [0.25, 0.3) is 22.4 Å². The maximum atomic E-state index is 5.93. The fourth-order valence-corrected chi connectivity index (χ4v) is 2.64. The van der Waals surface area contributed by atoms with Crippen LogP contribution in [0.4, 0.5) is 5.88 Å². The lowest BCUT2D eigenvalue weighted by atomic mass is 10.0. The van der Waals surface area contributed by atoms with E-state index in [0.29, 0.717) is 16.6 Å². The maximum Gasteiger partial charge on any atom is 0.230 e. The van der Waals surface area contributed by atoms with Gasteiger partial charge in [-0.15, -0.1) is 0 Å². The van der Waals surface area contributed by atoms with Crippen molar-refractivity contribution in [3.8, 4) is 22.4 Å². The Morgan fingerprint density at radius 2 is 1.75 bits per heavy atom. The Kier molecular flexibility index (Phi) is 3.51. The summed E-state index contributed by atoms with van der Waals surface area (Å²) < 4.78 is 6.10. The molecule has 2 aromatic carbocycles. The summed E-state index contributed by atoms with van der Waals surface area (Å²) in [6.07, 6.45) is 0. The second kappa shape index (κ2) is 5.31. The highest BCUT2D eigenvalue weighted by Gasteiger charge is 2.18. The van der Waals surface area contributed by atoms with Gasteiger partial charge in [0, 0.05) is 20.6 Å². The third-order valence-electron chi connectivity index (χ3n) is 2.98. The van der Waals surface area contributed by atoms with E-state index >= 15 is 0 Å². The van der Waals surface area contributed by atoms with Crippen molar-refractivity contribution in [2.24, 2.45) is 0 Å². The summed E-state index contributed by atoms with van der Waals surface area (Å²) in [4.78, 5) is 0. The molecular weight excluding hydrogens is 340 g/mol. The molecule has 3 nitrogen and oxygen atoms in total. The van der Waals surface area contributed by atoms with E-state index in [0.717, 1.165) is 21.2 Å². The topological polar surface area (TPSA) is 52.0 Å². The van der Waals surface area contributed by atoms with Crippen LogP contribution >= 0.6 is 27.5 Å². The fourth-order valence-electron chi connectivity index (χ4n) is 2.03. The number of hydrogen-bond acceptors (Lipinski definition) is 3. The van der Waals surface area contributed by atoms with Gasteiger partial charge in [-0.05, 0) is 18.2 Å². The Hall–Kier alpha value is -1.78. The lowest BCUT2D eigenvalue weighted by molar-refractivity contribution is 0.439. The molecule has 0 aliphatic heterocycles. The summed E-state index contributed by atoms with van der Waals surface area (Å²) in [6.45, 7) is 0. The highest BCUT2D eigenvalue weighted by molar-refractivity contribution is 9.10. The SMILES string of the molecule is Nc1onc(-c2ccc(Cl)cc2)c1-c1ccccc1Br. The van der Waals surface area contributed by atoms with Gasteiger partial charge in [-0.2, -0.15) is 0 Å². The van der Waals surface area contributed by atoms with Crippen LogP contribution in [0.3, 0.4) is 0 Å². The number of nitrogens with two attached hydrogens (primary N) is 1. The Labute approximate surface area is 129 Å². The van der Waals surface area contributed by atoms with Crippen molar-refractivity contribution < 1.29 is 4.52 Å². The first-order valence-electron chi connectivity index (χ1n) is 5.93. The number of hydrogen-bond donors (Lipinski definition) is 1. The molecule has 0 radical (unpaired) electrons. The summed E-state index contributed by atoms with van der Waals surface area (Å²) >= 11 is 9.43. The molecule has 0 aliphatic carbocycles. The largest absolute Gasteiger partial charge is 0.367 e. The van der Waals surface area contributed by atoms with Gasteiger partial charge in [0.05, 0.1) is 5.56 Å². The molecule has 3 rings (SSSR count). The standard InChI is InChI=1S/C15H10BrClN2O/c16-12-4-2-1-3-11(12)13-14(19-20-15(13)18)9-5-7-10(17)8-6-9/h1-8H,18H2. The molecule has 0 saturated heterocycles. The summed E-state index contributed by atoms with van der Waals surface area (Å²) in [5.41, 5.74) is 9.26. The Bertz CT molecular complexity index is 753. The van der Waals surface area contributed by atoms with E-state index in [2.05, 4.69) is 21.1 Å². The monoisotopic (exact) mass is 348 g/mol. The molecule has 0 bridgehead atoms. The summed E-state index contributed by atoms with van der Waals surface area (Å²) in [7, 11) is 0. The maximum absolute atomic E-state index is 5.93. The lowest BCUT2D eigenvalue weighted by Gasteiger charge is -2.05. The number of benzene rings is 2. The summed E-state index contributed by atoms with van der Waals surface area (Å²) in [6, 6.07) is 15.2. The van der Waals surface area contributed by atoms with Crippen LogP contribution in [0.2, 0.25) is 5.02 Å². The Morgan fingerprint density at radius 3 is 2.45 bits per heavy atom. The van der Waals surface area contributed by atoms with Gasteiger partial charge < -0.3 is 10.3 Å². The molecule has 5 heteroatoms. The predicted octanol–water partition coefficient (Wildman–Crippen LogP) is 5.01. The molecule has 1 heterocycles. The van der Waals surface area contributed by atoms with Crippen LogP contribution in [-0.4, -0.2) is 5.16 Å². The van der Waals surface area contributed by atoms with Crippen molar-refractivity contribution >= 4 is 33.4 Å². The van der Waals surface area contributed by atoms with Gasteiger partial charge in [-0.3, -0.25) is 0 Å². The molecule has 0 fully saturated rings. The van der Waals surface area contributed by atoms with E-state index in [1.54, 1.807) is 0 Å². The molecule has 0 amide bonds. The molecular formula is C15H10BrClN2O. The minimum Gasteiger partial charge on any atom is -0.367 e. The molecule has 2 N–H and O–H groups in total. The van der Waals surface area contributed by atoms with Gasteiger partial charge in [0.1, 0.15) is 5.69 Å². The summed E-state index contributed by atoms with van der Waals surface area (Å²) in [5.74, 6) is 0.293. The third kappa shape index (κ3) is 2.32. The average molecular weight is 350 g/mol. The fraction of sp³-hybridized carbons (Fsp3) is 0. The molecule has 0 atom stereocenters. The zero-order chi connectivity index (χ0) is 14.1. The number of anilines is 1. The molecule has 0 spiro atoms. The van der Waals surface area contributed by atoms with Crippen molar-refractivity contribution in [3.63, 3.8) is 0 Å². The van der Waals surface area contributed by atoms with Gasteiger partial charge in [0.15, 0.2) is 0 Å². The van der Waals surface area contributed by atoms with Crippen LogP contribution in [0.5, 0.6) is 0 Å². The highest BCUT2D eigenvalue weighted by atomic mass is 79.9. The number of nitrogens with zero attached hydrogens (tertiary/aromatic N) is 1. The minimum atomic E-state index is 0.293. The van der Waals surface area contributed by atoms with Gasteiger partial charge in [-0.1, -0.05) is 63.0 Å². The average Bonchev–Trinajstić information content (AvgIpc) is 2.82. The summed E-state index contributed by atoms with van der Waals surface area (Å²) in [5, 5.41) is 4.74. The van der Waals surface area contributed by atoms with Crippen molar-refractivity contribution in [1.29, 1.82) is 0 Å². The lowest BCUT2D eigenvalue weighted by Crippen LogP contribution is -1.88. The Morgan fingerprint density at radius 1 is 1.05 bits per heavy atom. The van der Waals surface area contributed by atoms with Crippen LogP contribution < -0.4 is 5.73 Å². The molecule has 0 saturated carbocycles. The molecule has 0 unspecified atom stereocenters. The van der Waals surface area contributed by atoms with Crippen molar-refractivity contribution in [2.75, 3.05) is 5.73 Å². The smallest absolute Gasteiger partial charge is 0.230 e. The zero-order valence-electron chi connectivity index (χ0n) is 10.3. The van der Waals surface area contributed by atoms with Crippen LogP contribution in [-0.2, 0) is 0 Å². The third-order valence-corrected chi connectivity index (χ3v) is 3.92. The molecule has 0 aliphatic rings. The number of halogens is 2. The van der Waals surface area contributed by atoms with Crippen molar-refractivity contribution in [3.05, 3.63) is 58.0 Å². The van der Waals surface area contributed by atoms with Crippen molar-refractivity contribution in [1.82, 2.24) is 5.16 Å². The second-order valence-electron chi connectivity index (χ2n) is 4.26. The van der Waals surface area contributed by atoms with E-state index in [4.69, 9.17) is 21.9 Å². The quantitative estimate of drug-likeness (QED) is 0.708. The van der Waals surface area contributed by atoms with E-state index in [1.807, 2.05) is 48.5 Å². The number of aromatic nitrogens is 1. The van der Waals surface area contributed by atoms with Crippen LogP contribution in [0, 0.1) is 0 Å². The van der Waals surface area contributed by atoms with Crippen LogP contribution in [0.1, 0.15) is 0 Å².